The molecule has 1 amide bonds. The van der Waals surface area contributed by atoms with Crippen molar-refractivity contribution >= 4 is 23.5 Å². The van der Waals surface area contributed by atoms with Crippen molar-refractivity contribution in [3.8, 4) is 0 Å². The molecule has 5 nitrogen and oxygen atoms in total. The summed E-state index contributed by atoms with van der Waals surface area (Å²) in [6.45, 7) is 6.23. The molecule has 7 heteroatoms. The molecule has 2 N–H and O–H groups in total. The first-order valence-corrected chi connectivity index (χ1v) is 10.6. The molecule has 1 aromatic carbocycles. The van der Waals surface area contributed by atoms with Crippen molar-refractivity contribution in [3.05, 3.63) is 34.6 Å². The van der Waals surface area contributed by atoms with Gasteiger partial charge in [0.2, 0.25) is 5.91 Å². The Labute approximate surface area is 172 Å². The number of rotatable bonds is 7. The number of guanidine groups is 1. The van der Waals surface area contributed by atoms with E-state index in [4.69, 9.17) is 11.6 Å². The van der Waals surface area contributed by atoms with Crippen molar-refractivity contribution in [2.45, 2.75) is 52.0 Å². The lowest BCUT2D eigenvalue weighted by atomic mass is 9.98. The average molecular weight is 411 g/mol. The van der Waals surface area contributed by atoms with E-state index in [1.165, 1.54) is 6.07 Å². The molecule has 0 radical (unpaired) electrons. The molecular formula is C21H32ClFN4O. The zero-order chi connectivity index (χ0) is 20.5. The van der Waals surface area contributed by atoms with Crippen LogP contribution in [-0.4, -0.2) is 49.5 Å². The molecule has 1 aliphatic heterocycles. The Morgan fingerprint density at radius 3 is 2.57 bits per heavy atom. The summed E-state index contributed by atoms with van der Waals surface area (Å²) in [6.07, 6.45) is 4.07. The maximum atomic E-state index is 13.8. The third kappa shape index (κ3) is 6.09. The van der Waals surface area contributed by atoms with Gasteiger partial charge in [0.05, 0.1) is 0 Å². The summed E-state index contributed by atoms with van der Waals surface area (Å²) in [5.41, 5.74) is 0.514. The van der Waals surface area contributed by atoms with Crippen LogP contribution in [-0.2, 0) is 11.2 Å². The van der Waals surface area contributed by atoms with Crippen LogP contribution in [0.15, 0.2) is 23.2 Å². The monoisotopic (exact) mass is 410 g/mol. The molecule has 1 aromatic rings. The fourth-order valence-electron chi connectivity index (χ4n) is 3.61. The minimum atomic E-state index is -0.285. The van der Waals surface area contributed by atoms with Gasteiger partial charge in [0.15, 0.2) is 5.96 Å². The second kappa shape index (κ2) is 11.2. The molecule has 1 aliphatic rings. The molecule has 2 rings (SSSR count). The van der Waals surface area contributed by atoms with Crippen LogP contribution in [0.5, 0.6) is 0 Å². The van der Waals surface area contributed by atoms with Crippen LogP contribution < -0.4 is 10.6 Å². The Bertz CT molecular complexity index is 650. The van der Waals surface area contributed by atoms with Gasteiger partial charge in [-0.2, -0.15) is 0 Å². The number of piperidine rings is 1. The first kappa shape index (κ1) is 22.5. The van der Waals surface area contributed by atoms with Gasteiger partial charge in [-0.3, -0.25) is 9.79 Å². The Hall–Kier alpha value is -1.82. The summed E-state index contributed by atoms with van der Waals surface area (Å²) in [5, 5.41) is 7.08. The molecule has 1 fully saturated rings. The van der Waals surface area contributed by atoms with Crippen LogP contribution in [0.3, 0.4) is 0 Å². The van der Waals surface area contributed by atoms with Crippen LogP contribution in [0.2, 0.25) is 5.02 Å². The summed E-state index contributed by atoms with van der Waals surface area (Å²) < 4.78 is 13.8. The molecule has 1 heterocycles. The highest BCUT2D eigenvalue weighted by molar-refractivity contribution is 6.31. The van der Waals surface area contributed by atoms with Crippen LogP contribution >= 0.6 is 11.6 Å². The molecule has 0 spiro atoms. The van der Waals surface area contributed by atoms with Crippen molar-refractivity contribution in [3.63, 3.8) is 0 Å². The van der Waals surface area contributed by atoms with Gasteiger partial charge in [0.1, 0.15) is 5.82 Å². The van der Waals surface area contributed by atoms with Crippen molar-refractivity contribution in [2.24, 2.45) is 10.9 Å². The van der Waals surface area contributed by atoms with E-state index in [1.54, 1.807) is 19.2 Å². The molecule has 28 heavy (non-hydrogen) atoms. The van der Waals surface area contributed by atoms with E-state index >= 15 is 0 Å². The SMILES string of the molecule is CCC(CC)C(=O)N1CCC(NC(=NC)NCCc2c(F)cccc2Cl)CC1. The molecule has 0 bridgehead atoms. The normalized spacial score (nSPS) is 15.8. The van der Waals surface area contributed by atoms with Crippen molar-refractivity contribution < 1.29 is 9.18 Å². The first-order valence-electron chi connectivity index (χ1n) is 10.2. The minimum Gasteiger partial charge on any atom is -0.356 e. The number of aliphatic imine (C=N–C) groups is 1. The Kier molecular flexibility index (Phi) is 9.03. The summed E-state index contributed by atoms with van der Waals surface area (Å²) >= 11 is 6.07. The Morgan fingerprint density at radius 2 is 2.00 bits per heavy atom. The molecular weight excluding hydrogens is 379 g/mol. The molecule has 0 saturated carbocycles. The standard InChI is InChI=1S/C21H32ClFN4O/c1-4-15(5-2)20(28)27-13-10-16(11-14-27)26-21(24-3)25-12-9-17-18(22)7-6-8-19(17)23/h6-8,15-16H,4-5,9-14H2,1-3H3,(H2,24,25,26). The average Bonchev–Trinajstić information content (AvgIpc) is 2.70. The van der Waals surface area contributed by atoms with E-state index in [0.717, 1.165) is 38.8 Å². The third-order valence-electron chi connectivity index (χ3n) is 5.44. The second-order valence-corrected chi connectivity index (χ2v) is 7.61. The number of benzene rings is 1. The highest BCUT2D eigenvalue weighted by Gasteiger charge is 2.26. The number of hydrogen-bond acceptors (Lipinski definition) is 2. The maximum absolute atomic E-state index is 13.8. The zero-order valence-electron chi connectivity index (χ0n) is 17.1. The summed E-state index contributed by atoms with van der Waals surface area (Å²) in [5.74, 6) is 0.834. The number of carbonyl (C=O) groups excluding carboxylic acids is 1. The molecule has 0 atom stereocenters. The van der Waals surface area contributed by atoms with Gasteiger partial charge in [0, 0.05) is 49.2 Å². The number of nitrogens with zero attached hydrogens (tertiary/aromatic N) is 2. The molecule has 0 aliphatic carbocycles. The molecule has 156 valence electrons. The Balaban J connectivity index is 1.77. The van der Waals surface area contributed by atoms with Crippen LogP contribution in [0, 0.1) is 11.7 Å². The third-order valence-corrected chi connectivity index (χ3v) is 5.79. The largest absolute Gasteiger partial charge is 0.356 e. The van der Waals surface area contributed by atoms with E-state index in [1.807, 2.05) is 4.90 Å². The second-order valence-electron chi connectivity index (χ2n) is 7.21. The quantitative estimate of drug-likeness (QED) is 0.533. The number of amides is 1. The molecule has 1 saturated heterocycles. The summed E-state index contributed by atoms with van der Waals surface area (Å²) in [7, 11) is 1.72. The minimum absolute atomic E-state index is 0.143. The number of hydrogen-bond donors (Lipinski definition) is 2. The lowest BCUT2D eigenvalue weighted by Gasteiger charge is -2.34. The van der Waals surface area contributed by atoms with Gasteiger partial charge in [-0.05, 0) is 44.2 Å². The molecule has 0 aromatic heterocycles. The van der Waals surface area contributed by atoms with Crippen molar-refractivity contribution in [1.29, 1.82) is 0 Å². The number of carbonyl (C=O) groups is 1. The number of halogens is 2. The van der Waals surface area contributed by atoms with Gasteiger partial charge in [-0.15, -0.1) is 0 Å². The fraction of sp³-hybridized carbons (Fsp3) is 0.619. The maximum Gasteiger partial charge on any atom is 0.225 e. The lowest BCUT2D eigenvalue weighted by Crippen LogP contribution is -2.50. The number of nitrogens with one attached hydrogen (secondary N) is 2. The highest BCUT2D eigenvalue weighted by Crippen LogP contribution is 2.19. The van der Waals surface area contributed by atoms with E-state index in [-0.39, 0.29) is 23.7 Å². The fourth-order valence-corrected chi connectivity index (χ4v) is 3.86. The highest BCUT2D eigenvalue weighted by atomic mass is 35.5. The van der Waals surface area contributed by atoms with Gasteiger partial charge >= 0.3 is 0 Å². The smallest absolute Gasteiger partial charge is 0.225 e. The van der Waals surface area contributed by atoms with Crippen molar-refractivity contribution in [1.82, 2.24) is 15.5 Å². The zero-order valence-corrected chi connectivity index (χ0v) is 17.9. The Morgan fingerprint density at radius 1 is 1.32 bits per heavy atom. The van der Waals surface area contributed by atoms with Crippen LogP contribution in [0.25, 0.3) is 0 Å². The van der Waals surface area contributed by atoms with Gasteiger partial charge in [0.25, 0.3) is 0 Å². The van der Waals surface area contributed by atoms with Crippen molar-refractivity contribution in [2.75, 3.05) is 26.7 Å². The van der Waals surface area contributed by atoms with Crippen LogP contribution in [0.1, 0.15) is 45.1 Å². The summed E-state index contributed by atoms with van der Waals surface area (Å²) in [4.78, 5) is 18.8. The van der Waals surface area contributed by atoms with E-state index in [9.17, 15) is 9.18 Å². The topological polar surface area (TPSA) is 56.7 Å². The number of likely N-dealkylation sites (tertiary alicyclic amines) is 1. The van der Waals surface area contributed by atoms with Crippen LogP contribution in [0.4, 0.5) is 4.39 Å². The van der Waals surface area contributed by atoms with Gasteiger partial charge in [-0.25, -0.2) is 4.39 Å². The van der Waals surface area contributed by atoms with E-state index in [2.05, 4.69) is 29.5 Å². The summed E-state index contributed by atoms with van der Waals surface area (Å²) in [6, 6.07) is 5.00. The van der Waals surface area contributed by atoms with E-state index in [0.29, 0.717) is 29.5 Å². The predicted octanol–water partition coefficient (Wildman–Crippen LogP) is 3.61. The van der Waals surface area contributed by atoms with Gasteiger partial charge < -0.3 is 15.5 Å². The molecule has 0 unspecified atom stereocenters. The van der Waals surface area contributed by atoms with Gasteiger partial charge in [-0.1, -0.05) is 31.5 Å². The first-order chi connectivity index (χ1) is 13.5. The predicted molar refractivity (Wildman–Crippen MR) is 113 cm³/mol. The lowest BCUT2D eigenvalue weighted by molar-refractivity contribution is -0.136. The van der Waals surface area contributed by atoms with E-state index < -0.39 is 0 Å².